The highest BCUT2D eigenvalue weighted by molar-refractivity contribution is 5.65. The summed E-state index contributed by atoms with van der Waals surface area (Å²) in [5.74, 6) is -0.168. The predicted octanol–water partition coefficient (Wildman–Crippen LogP) is 1.98. The van der Waals surface area contributed by atoms with Gasteiger partial charge in [0.05, 0.1) is 11.7 Å². The number of carboxylic acid groups (broad SMARTS) is 1. The number of nitrogens with one attached hydrogen (secondary N) is 1. The minimum Gasteiger partial charge on any atom is -0.486 e. The van der Waals surface area contributed by atoms with Crippen molar-refractivity contribution in [2.75, 3.05) is 5.73 Å². The lowest BCUT2D eigenvalue weighted by Gasteiger charge is -2.21. The maximum absolute atomic E-state index is 13.1. The maximum Gasteiger partial charge on any atom is 0.405 e. The molecule has 2 rings (SSSR count). The molecule has 0 spiro atoms. The first-order chi connectivity index (χ1) is 8.56. The van der Waals surface area contributed by atoms with Crippen LogP contribution in [0.15, 0.2) is 18.2 Å². The Morgan fingerprint density at radius 2 is 2.28 bits per heavy atom. The summed E-state index contributed by atoms with van der Waals surface area (Å²) in [4.78, 5) is 10.6. The number of rotatable bonds is 3. The lowest BCUT2D eigenvalue weighted by molar-refractivity contribution is 0.155. The van der Waals surface area contributed by atoms with Gasteiger partial charge in [0.1, 0.15) is 17.7 Å². The number of halogens is 1. The van der Waals surface area contributed by atoms with E-state index in [1.54, 1.807) is 0 Å². The molecule has 1 aliphatic carbocycles. The molecule has 2 unspecified atom stereocenters. The molecule has 0 radical (unpaired) electrons. The molecule has 1 amide bonds. The molecule has 1 aromatic rings. The molecule has 0 heterocycles. The van der Waals surface area contributed by atoms with Crippen LogP contribution in [0.3, 0.4) is 0 Å². The highest BCUT2D eigenvalue weighted by Crippen LogP contribution is 2.29. The topological polar surface area (TPSA) is 84.6 Å². The van der Waals surface area contributed by atoms with Gasteiger partial charge in [-0.2, -0.15) is 0 Å². The van der Waals surface area contributed by atoms with Crippen molar-refractivity contribution in [3.05, 3.63) is 24.0 Å². The molecule has 1 aromatic carbocycles. The van der Waals surface area contributed by atoms with E-state index in [4.69, 9.17) is 15.6 Å². The molecule has 0 saturated heterocycles. The lowest BCUT2D eigenvalue weighted by Crippen LogP contribution is -2.41. The Kier molecular flexibility index (Phi) is 3.55. The van der Waals surface area contributed by atoms with Crippen LogP contribution in [-0.4, -0.2) is 23.3 Å². The maximum atomic E-state index is 13.1. The van der Waals surface area contributed by atoms with Crippen LogP contribution in [0.5, 0.6) is 5.75 Å². The minimum atomic E-state index is -1.08. The summed E-state index contributed by atoms with van der Waals surface area (Å²) in [7, 11) is 0. The second-order valence-corrected chi connectivity index (χ2v) is 4.33. The quantitative estimate of drug-likeness (QED) is 0.720. The van der Waals surface area contributed by atoms with Gasteiger partial charge >= 0.3 is 6.09 Å². The van der Waals surface area contributed by atoms with Crippen molar-refractivity contribution >= 4 is 11.8 Å². The van der Waals surface area contributed by atoms with Crippen molar-refractivity contribution in [1.29, 1.82) is 0 Å². The molecule has 6 heteroatoms. The molecule has 0 bridgehead atoms. The molecule has 2 atom stereocenters. The van der Waals surface area contributed by atoms with Crippen molar-refractivity contribution in [3.63, 3.8) is 0 Å². The average molecular weight is 254 g/mol. The summed E-state index contributed by atoms with van der Waals surface area (Å²) in [5.41, 5.74) is 6.03. The number of hydrogen-bond donors (Lipinski definition) is 3. The van der Waals surface area contributed by atoms with Crippen molar-refractivity contribution in [3.8, 4) is 5.75 Å². The van der Waals surface area contributed by atoms with E-state index in [9.17, 15) is 9.18 Å². The normalized spacial score (nSPS) is 22.7. The van der Waals surface area contributed by atoms with Gasteiger partial charge in [-0.3, -0.25) is 0 Å². The molecule has 98 valence electrons. The van der Waals surface area contributed by atoms with Gasteiger partial charge in [-0.1, -0.05) is 0 Å². The van der Waals surface area contributed by atoms with Crippen LogP contribution in [0.4, 0.5) is 14.9 Å². The zero-order valence-electron chi connectivity index (χ0n) is 9.73. The number of benzene rings is 1. The summed E-state index contributed by atoms with van der Waals surface area (Å²) in [6, 6.07) is 3.62. The van der Waals surface area contributed by atoms with Crippen LogP contribution in [0.2, 0.25) is 0 Å². The van der Waals surface area contributed by atoms with Gasteiger partial charge in [-0.15, -0.1) is 0 Å². The third-order valence-corrected chi connectivity index (χ3v) is 3.02. The third-order valence-electron chi connectivity index (χ3n) is 3.02. The molecule has 4 N–H and O–H groups in total. The van der Waals surface area contributed by atoms with E-state index in [1.165, 1.54) is 18.2 Å². The number of nitrogens with two attached hydrogens (primary N) is 1. The van der Waals surface area contributed by atoms with Gasteiger partial charge in [0.15, 0.2) is 0 Å². The molecule has 0 aromatic heterocycles. The van der Waals surface area contributed by atoms with Gasteiger partial charge in [0.25, 0.3) is 0 Å². The minimum absolute atomic E-state index is 0.263. The largest absolute Gasteiger partial charge is 0.486 e. The van der Waals surface area contributed by atoms with Crippen LogP contribution < -0.4 is 15.8 Å². The van der Waals surface area contributed by atoms with Crippen LogP contribution in [-0.2, 0) is 0 Å². The third kappa shape index (κ3) is 2.82. The van der Waals surface area contributed by atoms with Crippen LogP contribution in [0, 0.1) is 5.82 Å². The molecule has 0 aliphatic heterocycles. The van der Waals surface area contributed by atoms with Gasteiger partial charge in [0.2, 0.25) is 0 Å². The highest BCUT2D eigenvalue weighted by Gasteiger charge is 2.30. The standard InChI is InChI=1S/C12H15FN2O3/c13-7-4-5-8(14)11(6-7)18-10-3-1-2-9(10)15-12(16)17/h4-6,9-10,15H,1-3,14H2,(H,16,17). The molecule has 1 fully saturated rings. The van der Waals surface area contributed by atoms with Crippen molar-refractivity contribution in [2.24, 2.45) is 0 Å². The Hall–Kier alpha value is -1.98. The van der Waals surface area contributed by atoms with E-state index in [0.29, 0.717) is 12.1 Å². The van der Waals surface area contributed by atoms with E-state index >= 15 is 0 Å². The molecule has 18 heavy (non-hydrogen) atoms. The molecular weight excluding hydrogens is 239 g/mol. The first-order valence-electron chi connectivity index (χ1n) is 5.77. The number of hydrogen-bond acceptors (Lipinski definition) is 3. The first-order valence-corrected chi connectivity index (χ1v) is 5.77. The summed E-state index contributed by atoms with van der Waals surface area (Å²) in [6.07, 6.45) is 0.922. The summed E-state index contributed by atoms with van der Waals surface area (Å²) in [6.45, 7) is 0. The predicted molar refractivity (Wildman–Crippen MR) is 64.0 cm³/mol. The molecule has 5 nitrogen and oxygen atoms in total. The van der Waals surface area contributed by atoms with Gasteiger partial charge < -0.3 is 20.9 Å². The SMILES string of the molecule is Nc1ccc(F)cc1OC1CCCC1NC(=O)O. The monoisotopic (exact) mass is 254 g/mol. The highest BCUT2D eigenvalue weighted by atomic mass is 19.1. The lowest BCUT2D eigenvalue weighted by atomic mass is 10.2. The van der Waals surface area contributed by atoms with E-state index < -0.39 is 11.9 Å². The molecule has 1 saturated carbocycles. The average Bonchev–Trinajstić information content (AvgIpc) is 2.70. The second kappa shape index (κ2) is 5.12. The van der Waals surface area contributed by atoms with E-state index in [0.717, 1.165) is 12.8 Å². The Labute approximate surface area is 104 Å². The zero-order valence-corrected chi connectivity index (χ0v) is 9.73. The Morgan fingerprint density at radius 1 is 1.50 bits per heavy atom. The summed E-state index contributed by atoms with van der Waals surface area (Å²) < 4.78 is 18.7. The van der Waals surface area contributed by atoms with Gasteiger partial charge in [-0.25, -0.2) is 9.18 Å². The number of nitrogen functional groups attached to an aromatic ring is 1. The van der Waals surface area contributed by atoms with Gasteiger partial charge in [-0.05, 0) is 31.4 Å². The Bertz CT molecular complexity index is 453. The smallest absolute Gasteiger partial charge is 0.405 e. The van der Waals surface area contributed by atoms with Crippen LogP contribution >= 0.6 is 0 Å². The Morgan fingerprint density at radius 3 is 3.00 bits per heavy atom. The fourth-order valence-corrected chi connectivity index (χ4v) is 2.16. The van der Waals surface area contributed by atoms with Crippen molar-refractivity contribution in [2.45, 2.75) is 31.4 Å². The van der Waals surface area contributed by atoms with Crippen LogP contribution in [0.25, 0.3) is 0 Å². The Balaban J connectivity index is 2.08. The van der Waals surface area contributed by atoms with Crippen molar-refractivity contribution < 1.29 is 19.0 Å². The van der Waals surface area contributed by atoms with E-state index in [1.807, 2.05) is 0 Å². The molecule has 1 aliphatic rings. The fourth-order valence-electron chi connectivity index (χ4n) is 2.16. The van der Waals surface area contributed by atoms with Crippen LogP contribution in [0.1, 0.15) is 19.3 Å². The second-order valence-electron chi connectivity index (χ2n) is 4.33. The summed E-state index contributed by atoms with van der Waals surface area (Å²) in [5, 5.41) is 11.1. The zero-order chi connectivity index (χ0) is 13.1. The van der Waals surface area contributed by atoms with Gasteiger partial charge in [0, 0.05) is 6.07 Å². The number of ether oxygens (including phenoxy) is 1. The van der Waals surface area contributed by atoms with Crippen molar-refractivity contribution in [1.82, 2.24) is 5.32 Å². The number of amides is 1. The van der Waals surface area contributed by atoms with E-state index in [2.05, 4.69) is 5.32 Å². The number of carbonyl (C=O) groups is 1. The fraction of sp³-hybridized carbons (Fsp3) is 0.417. The molecular formula is C12H15FN2O3. The van der Waals surface area contributed by atoms with E-state index in [-0.39, 0.29) is 17.9 Å². The number of anilines is 1. The summed E-state index contributed by atoms with van der Waals surface area (Å²) >= 11 is 0. The first kappa shape index (κ1) is 12.5.